The van der Waals surface area contributed by atoms with Crippen LogP contribution in [0.3, 0.4) is 0 Å². The van der Waals surface area contributed by atoms with Crippen molar-refractivity contribution in [2.24, 2.45) is 0 Å². The lowest BCUT2D eigenvalue weighted by Gasteiger charge is -2.23. The van der Waals surface area contributed by atoms with Crippen LogP contribution >= 0.6 is 0 Å². The zero-order valence-corrected chi connectivity index (χ0v) is 8.48. The van der Waals surface area contributed by atoms with Gasteiger partial charge in [-0.3, -0.25) is 0 Å². The van der Waals surface area contributed by atoms with Gasteiger partial charge in [0.1, 0.15) is 11.9 Å². The quantitative estimate of drug-likeness (QED) is 0.739. The second kappa shape index (κ2) is 4.81. The molecule has 1 aromatic carbocycles. The van der Waals surface area contributed by atoms with Gasteiger partial charge in [0.15, 0.2) is 0 Å². The molecule has 1 heterocycles. The van der Waals surface area contributed by atoms with Gasteiger partial charge in [0.25, 0.3) is 0 Å². The molecule has 0 N–H and O–H groups in total. The highest BCUT2D eigenvalue weighted by atomic mass is 16.5. The molecule has 2 rings (SSSR count). The summed E-state index contributed by atoms with van der Waals surface area (Å²) in [7, 11) is 0. The summed E-state index contributed by atoms with van der Waals surface area (Å²) in [5, 5.41) is 8.74. The number of hydrogen-bond acceptors (Lipinski definition) is 3. The summed E-state index contributed by atoms with van der Waals surface area (Å²) in [6, 6.07) is 9.37. The molecule has 0 aromatic heterocycles. The number of ether oxygens (including phenoxy) is 2. The van der Waals surface area contributed by atoms with Gasteiger partial charge in [0.05, 0.1) is 24.8 Å². The Morgan fingerprint density at radius 2 is 2.13 bits per heavy atom. The molecule has 1 saturated heterocycles. The molecule has 0 amide bonds. The molecule has 0 saturated carbocycles. The predicted octanol–water partition coefficient (Wildman–Crippen LogP) is 2.12. The van der Waals surface area contributed by atoms with Crippen LogP contribution < -0.4 is 4.74 Å². The topological polar surface area (TPSA) is 42.2 Å². The van der Waals surface area contributed by atoms with Crippen molar-refractivity contribution in [2.75, 3.05) is 13.2 Å². The Bertz CT molecular complexity index is 364. The van der Waals surface area contributed by atoms with Crippen LogP contribution in [-0.4, -0.2) is 19.3 Å². The molecule has 1 aliphatic heterocycles. The van der Waals surface area contributed by atoms with Gasteiger partial charge in [-0.1, -0.05) is 6.07 Å². The fourth-order valence-electron chi connectivity index (χ4n) is 1.63. The van der Waals surface area contributed by atoms with E-state index < -0.39 is 0 Å². The van der Waals surface area contributed by atoms with Crippen LogP contribution in [0.5, 0.6) is 5.75 Å². The molecule has 3 heteroatoms. The molecule has 0 aliphatic carbocycles. The lowest BCUT2D eigenvalue weighted by molar-refractivity contribution is 0.0255. The average molecular weight is 203 g/mol. The van der Waals surface area contributed by atoms with Gasteiger partial charge in [-0.2, -0.15) is 5.26 Å². The third-order valence-corrected chi connectivity index (χ3v) is 2.43. The lowest BCUT2D eigenvalue weighted by Crippen LogP contribution is -2.25. The van der Waals surface area contributed by atoms with Crippen molar-refractivity contribution in [1.82, 2.24) is 0 Å². The lowest BCUT2D eigenvalue weighted by atomic mass is 10.1. The molecule has 0 unspecified atom stereocenters. The maximum absolute atomic E-state index is 8.74. The van der Waals surface area contributed by atoms with Gasteiger partial charge in [-0.25, -0.2) is 0 Å². The van der Waals surface area contributed by atoms with Gasteiger partial charge >= 0.3 is 0 Å². The monoisotopic (exact) mass is 203 g/mol. The van der Waals surface area contributed by atoms with Crippen LogP contribution in [-0.2, 0) is 4.74 Å². The molecule has 0 bridgehead atoms. The first-order chi connectivity index (χ1) is 7.38. The Kier molecular flexibility index (Phi) is 3.21. The maximum atomic E-state index is 8.74. The Labute approximate surface area is 89.2 Å². The molecule has 0 atom stereocenters. The highest BCUT2D eigenvalue weighted by molar-refractivity contribution is 5.36. The molecule has 1 aliphatic rings. The summed E-state index contributed by atoms with van der Waals surface area (Å²) < 4.78 is 11.0. The zero-order chi connectivity index (χ0) is 10.5. The highest BCUT2D eigenvalue weighted by Crippen LogP contribution is 2.18. The molecule has 1 fully saturated rings. The van der Waals surface area contributed by atoms with E-state index in [-0.39, 0.29) is 6.10 Å². The number of nitrogens with zero attached hydrogens (tertiary/aromatic N) is 1. The van der Waals surface area contributed by atoms with E-state index >= 15 is 0 Å². The second-order valence-electron chi connectivity index (χ2n) is 3.57. The number of benzene rings is 1. The third kappa shape index (κ3) is 2.71. The van der Waals surface area contributed by atoms with Crippen molar-refractivity contribution in [3.05, 3.63) is 29.8 Å². The van der Waals surface area contributed by atoms with Crippen molar-refractivity contribution in [1.29, 1.82) is 5.26 Å². The molecule has 0 spiro atoms. The first-order valence-corrected chi connectivity index (χ1v) is 5.13. The summed E-state index contributed by atoms with van der Waals surface area (Å²) >= 11 is 0. The van der Waals surface area contributed by atoms with Crippen molar-refractivity contribution >= 4 is 0 Å². The fourth-order valence-corrected chi connectivity index (χ4v) is 1.63. The largest absolute Gasteiger partial charge is 0.490 e. The molecular formula is C12H13NO2. The van der Waals surface area contributed by atoms with E-state index in [4.69, 9.17) is 14.7 Å². The molecule has 78 valence electrons. The Morgan fingerprint density at radius 1 is 1.33 bits per heavy atom. The first kappa shape index (κ1) is 10.0. The number of rotatable bonds is 2. The van der Waals surface area contributed by atoms with Crippen molar-refractivity contribution in [3.63, 3.8) is 0 Å². The summed E-state index contributed by atoms with van der Waals surface area (Å²) in [6.07, 6.45) is 2.08. The van der Waals surface area contributed by atoms with Gasteiger partial charge in [-0.05, 0) is 18.2 Å². The van der Waals surface area contributed by atoms with E-state index in [2.05, 4.69) is 6.07 Å². The summed E-state index contributed by atoms with van der Waals surface area (Å²) in [5.74, 6) is 0.779. The van der Waals surface area contributed by atoms with E-state index in [0.29, 0.717) is 5.56 Å². The standard InChI is InChI=1S/C12H13NO2/c13-9-10-2-1-3-12(8-10)15-11-4-6-14-7-5-11/h1-3,8,11H,4-7H2. The number of nitriles is 1. The summed E-state index contributed by atoms with van der Waals surface area (Å²) in [5.41, 5.74) is 0.638. The molecule has 3 nitrogen and oxygen atoms in total. The Hall–Kier alpha value is -1.53. The molecular weight excluding hydrogens is 190 g/mol. The van der Waals surface area contributed by atoms with Crippen molar-refractivity contribution < 1.29 is 9.47 Å². The minimum atomic E-state index is 0.229. The molecule has 15 heavy (non-hydrogen) atoms. The van der Waals surface area contributed by atoms with E-state index in [1.807, 2.05) is 12.1 Å². The average Bonchev–Trinajstić information content (AvgIpc) is 2.31. The van der Waals surface area contributed by atoms with E-state index in [0.717, 1.165) is 31.8 Å². The fraction of sp³-hybridized carbons (Fsp3) is 0.417. The first-order valence-electron chi connectivity index (χ1n) is 5.13. The SMILES string of the molecule is N#Cc1cccc(OC2CCOCC2)c1. The highest BCUT2D eigenvalue weighted by Gasteiger charge is 2.15. The summed E-state index contributed by atoms with van der Waals surface area (Å²) in [6.45, 7) is 1.53. The predicted molar refractivity (Wildman–Crippen MR) is 55.6 cm³/mol. The van der Waals surface area contributed by atoms with Crippen LogP contribution in [0, 0.1) is 11.3 Å². The molecule has 0 radical (unpaired) electrons. The zero-order valence-electron chi connectivity index (χ0n) is 8.48. The smallest absolute Gasteiger partial charge is 0.121 e. The van der Waals surface area contributed by atoms with Crippen LogP contribution in [0.2, 0.25) is 0 Å². The van der Waals surface area contributed by atoms with Crippen molar-refractivity contribution in [3.8, 4) is 11.8 Å². The maximum Gasteiger partial charge on any atom is 0.121 e. The minimum Gasteiger partial charge on any atom is -0.490 e. The van der Waals surface area contributed by atoms with E-state index in [1.54, 1.807) is 12.1 Å². The van der Waals surface area contributed by atoms with E-state index in [9.17, 15) is 0 Å². The summed E-state index contributed by atoms with van der Waals surface area (Å²) in [4.78, 5) is 0. The molecule has 1 aromatic rings. The van der Waals surface area contributed by atoms with Gasteiger partial charge in [0, 0.05) is 12.8 Å². The van der Waals surface area contributed by atoms with Crippen molar-refractivity contribution in [2.45, 2.75) is 18.9 Å². The Morgan fingerprint density at radius 3 is 2.87 bits per heavy atom. The minimum absolute atomic E-state index is 0.229. The normalized spacial score (nSPS) is 17.0. The van der Waals surface area contributed by atoms with E-state index in [1.165, 1.54) is 0 Å². The van der Waals surface area contributed by atoms with Gasteiger partial charge in [-0.15, -0.1) is 0 Å². The second-order valence-corrected chi connectivity index (χ2v) is 3.57. The van der Waals surface area contributed by atoms with Crippen LogP contribution in [0.25, 0.3) is 0 Å². The third-order valence-electron chi connectivity index (χ3n) is 2.43. The van der Waals surface area contributed by atoms with Crippen LogP contribution in [0.1, 0.15) is 18.4 Å². The Balaban J connectivity index is 2.00. The number of hydrogen-bond donors (Lipinski definition) is 0. The van der Waals surface area contributed by atoms with Gasteiger partial charge in [0.2, 0.25) is 0 Å². The van der Waals surface area contributed by atoms with Crippen LogP contribution in [0.15, 0.2) is 24.3 Å². The van der Waals surface area contributed by atoms with Crippen LogP contribution in [0.4, 0.5) is 0 Å². The van der Waals surface area contributed by atoms with Gasteiger partial charge < -0.3 is 9.47 Å².